The number of rotatable bonds is 4. The van der Waals surface area contributed by atoms with Crippen molar-refractivity contribution < 1.29 is 0 Å². The summed E-state index contributed by atoms with van der Waals surface area (Å²) in [6.07, 6.45) is 8.38. The Morgan fingerprint density at radius 2 is 2.32 bits per heavy atom. The van der Waals surface area contributed by atoms with Gasteiger partial charge < -0.3 is 5.32 Å². The number of likely N-dealkylation sites (N-methyl/N-ethyl adjacent to an activating group) is 1. The number of hydrogen-bond donors (Lipinski definition) is 1. The summed E-state index contributed by atoms with van der Waals surface area (Å²) in [7, 11) is 0. The van der Waals surface area contributed by atoms with E-state index in [1.165, 1.54) is 56.5 Å². The lowest BCUT2D eigenvalue weighted by Crippen LogP contribution is -2.40. The Kier molecular flexibility index (Phi) is 4.14. The van der Waals surface area contributed by atoms with E-state index < -0.39 is 0 Å². The molecule has 3 heteroatoms. The van der Waals surface area contributed by atoms with Crippen molar-refractivity contribution in [2.24, 2.45) is 0 Å². The summed E-state index contributed by atoms with van der Waals surface area (Å²) in [4.78, 5) is 7.22. The van der Waals surface area contributed by atoms with Gasteiger partial charge in [0.25, 0.3) is 0 Å². The summed E-state index contributed by atoms with van der Waals surface area (Å²) in [5.74, 6) is 0. The Hall–Kier alpha value is -0.930. The van der Waals surface area contributed by atoms with Gasteiger partial charge in [0.2, 0.25) is 0 Å². The van der Waals surface area contributed by atoms with Crippen LogP contribution in [0.25, 0.3) is 0 Å². The zero-order valence-electron chi connectivity index (χ0n) is 11.9. The van der Waals surface area contributed by atoms with E-state index in [0.29, 0.717) is 6.04 Å². The van der Waals surface area contributed by atoms with E-state index in [4.69, 9.17) is 0 Å². The predicted molar refractivity (Wildman–Crippen MR) is 78.2 cm³/mol. The second kappa shape index (κ2) is 6.02. The molecule has 0 spiro atoms. The normalized spacial score (nSPS) is 27.4. The van der Waals surface area contributed by atoms with Crippen LogP contribution in [0.3, 0.4) is 0 Å². The van der Waals surface area contributed by atoms with Crippen LogP contribution < -0.4 is 5.32 Å². The molecule has 2 atom stereocenters. The third-order valence-corrected chi connectivity index (χ3v) is 4.70. The fourth-order valence-corrected chi connectivity index (χ4v) is 3.63. The molecular formula is C16H25N3. The molecule has 104 valence electrons. The van der Waals surface area contributed by atoms with Crippen LogP contribution in [0.15, 0.2) is 18.3 Å². The van der Waals surface area contributed by atoms with Crippen LogP contribution in [0, 0.1) is 0 Å². The summed E-state index contributed by atoms with van der Waals surface area (Å²) in [6.45, 7) is 5.86. The Labute approximate surface area is 116 Å². The van der Waals surface area contributed by atoms with Gasteiger partial charge in [-0.25, -0.2) is 0 Å². The molecule has 3 nitrogen and oxygen atoms in total. The molecule has 2 aliphatic rings. The van der Waals surface area contributed by atoms with Crippen molar-refractivity contribution in [2.75, 3.05) is 19.6 Å². The molecule has 0 amide bonds. The number of aryl methyl sites for hydroxylation is 1. The monoisotopic (exact) mass is 259 g/mol. The highest BCUT2D eigenvalue weighted by atomic mass is 15.2. The first-order valence-corrected chi connectivity index (χ1v) is 7.79. The first-order valence-electron chi connectivity index (χ1n) is 7.79. The van der Waals surface area contributed by atoms with Crippen LogP contribution in [0.4, 0.5) is 0 Å². The minimum absolute atomic E-state index is 0.476. The van der Waals surface area contributed by atoms with Crippen molar-refractivity contribution in [3.63, 3.8) is 0 Å². The maximum Gasteiger partial charge on any atom is 0.0605 e. The molecule has 0 saturated carbocycles. The predicted octanol–water partition coefficient (Wildman–Crippen LogP) is 2.53. The average Bonchev–Trinajstić information content (AvgIpc) is 2.92. The van der Waals surface area contributed by atoms with Crippen LogP contribution >= 0.6 is 0 Å². The Bertz CT molecular complexity index is 418. The van der Waals surface area contributed by atoms with E-state index in [0.717, 1.165) is 12.6 Å². The second-order valence-corrected chi connectivity index (χ2v) is 5.83. The zero-order chi connectivity index (χ0) is 13.1. The Morgan fingerprint density at radius 1 is 1.37 bits per heavy atom. The van der Waals surface area contributed by atoms with E-state index in [-0.39, 0.29) is 0 Å². The van der Waals surface area contributed by atoms with E-state index in [9.17, 15) is 0 Å². The summed E-state index contributed by atoms with van der Waals surface area (Å²) >= 11 is 0. The molecule has 1 saturated heterocycles. The second-order valence-electron chi connectivity index (χ2n) is 5.83. The van der Waals surface area contributed by atoms with E-state index in [1.54, 1.807) is 0 Å². The molecule has 1 aromatic rings. The first-order chi connectivity index (χ1) is 9.38. The lowest BCUT2D eigenvalue weighted by atomic mass is 9.92. The highest BCUT2D eigenvalue weighted by molar-refractivity contribution is 5.25. The van der Waals surface area contributed by atoms with Crippen LogP contribution in [0.5, 0.6) is 0 Å². The largest absolute Gasteiger partial charge is 0.307 e. The molecule has 1 aromatic heterocycles. The first kappa shape index (κ1) is 13.1. The van der Waals surface area contributed by atoms with E-state index in [2.05, 4.69) is 34.3 Å². The van der Waals surface area contributed by atoms with Crippen LogP contribution in [0.1, 0.15) is 49.9 Å². The quantitative estimate of drug-likeness (QED) is 0.900. The third-order valence-electron chi connectivity index (χ3n) is 4.70. The van der Waals surface area contributed by atoms with Gasteiger partial charge in [0.05, 0.1) is 5.69 Å². The maximum absolute atomic E-state index is 4.61. The van der Waals surface area contributed by atoms with Gasteiger partial charge in [-0.3, -0.25) is 9.88 Å². The minimum Gasteiger partial charge on any atom is -0.307 e. The van der Waals surface area contributed by atoms with Gasteiger partial charge in [0.15, 0.2) is 0 Å². The number of likely N-dealkylation sites (tertiary alicyclic amines) is 1. The van der Waals surface area contributed by atoms with Gasteiger partial charge in [-0.15, -0.1) is 0 Å². The van der Waals surface area contributed by atoms with Crippen molar-refractivity contribution in [3.05, 3.63) is 29.6 Å². The number of nitrogens with one attached hydrogen (secondary N) is 1. The fraction of sp³-hybridized carbons (Fsp3) is 0.688. The number of fused-ring (bicyclic) bond motifs is 1. The summed E-state index contributed by atoms with van der Waals surface area (Å²) in [6, 6.07) is 5.52. The molecule has 0 radical (unpaired) electrons. The Morgan fingerprint density at radius 3 is 3.21 bits per heavy atom. The number of pyridine rings is 1. The zero-order valence-corrected chi connectivity index (χ0v) is 11.9. The standard InChI is InChI=1S/C16H25N3/c1-2-19-11-5-8-14(19)12-18-15-9-3-6-13-7-4-10-17-16(13)15/h4,7,10,14-15,18H,2-3,5-6,8-9,11-12H2,1H3. The fourth-order valence-electron chi connectivity index (χ4n) is 3.63. The van der Waals surface area contributed by atoms with Gasteiger partial charge in [-0.2, -0.15) is 0 Å². The smallest absolute Gasteiger partial charge is 0.0605 e. The van der Waals surface area contributed by atoms with Crippen LogP contribution in [-0.4, -0.2) is 35.6 Å². The number of hydrogen-bond acceptors (Lipinski definition) is 3. The molecule has 2 heterocycles. The van der Waals surface area contributed by atoms with Crippen molar-refractivity contribution in [2.45, 2.75) is 51.1 Å². The molecule has 0 aromatic carbocycles. The molecule has 1 fully saturated rings. The van der Waals surface area contributed by atoms with E-state index >= 15 is 0 Å². The van der Waals surface area contributed by atoms with Crippen molar-refractivity contribution in [1.82, 2.24) is 15.2 Å². The molecule has 2 unspecified atom stereocenters. The molecule has 19 heavy (non-hydrogen) atoms. The lowest BCUT2D eigenvalue weighted by Gasteiger charge is -2.29. The molecule has 1 aliphatic carbocycles. The van der Waals surface area contributed by atoms with Gasteiger partial charge in [-0.05, 0) is 56.8 Å². The lowest BCUT2D eigenvalue weighted by molar-refractivity contribution is 0.250. The van der Waals surface area contributed by atoms with Gasteiger partial charge in [-0.1, -0.05) is 13.0 Å². The number of nitrogens with zero attached hydrogens (tertiary/aromatic N) is 2. The Balaban J connectivity index is 1.62. The van der Waals surface area contributed by atoms with Crippen LogP contribution in [-0.2, 0) is 6.42 Å². The highest BCUT2D eigenvalue weighted by Crippen LogP contribution is 2.28. The molecule has 1 N–H and O–H groups in total. The summed E-state index contributed by atoms with van der Waals surface area (Å²) in [5.41, 5.74) is 2.75. The van der Waals surface area contributed by atoms with Gasteiger partial charge in [0.1, 0.15) is 0 Å². The highest BCUT2D eigenvalue weighted by Gasteiger charge is 2.26. The van der Waals surface area contributed by atoms with Crippen LogP contribution in [0.2, 0.25) is 0 Å². The minimum atomic E-state index is 0.476. The molecular weight excluding hydrogens is 234 g/mol. The summed E-state index contributed by atoms with van der Waals surface area (Å²) < 4.78 is 0. The third kappa shape index (κ3) is 2.82. The topological polar surface area (TPSA) is 28.2 Å². The molecule has 1 aliphatic heterocycles. The van der Waals surface area contributed by atoms with Crippen molar-refractivity contribution >= 4 is 0 Å². The van der Waals surface area contributed by atoms with Crippen molar-refractivity contribution in [1.29, 1.82) is 0 Å². The van der Waals surface area contributed by atoms with E-state index in [1.807, 2.05) is 6.20 Å². The summed E-state index contributed by atoms with van der Waals surface area (Å²) in [5, 5.41) is 3.78. The average molecular weight is 259 g/mol. The van der Waals surface area contributed by atoms with Gasteiger partial charge >= 0.3 is 0 Å². The SMILES string of the molecule is CCN1CCCC1CNC1CCCc2cccnc21. The van der Waals surface area contributed by atoms with Crippen molar-refractivity contribution in [3.8, 4) is 0 Å². The number of aromatic nitrogens is 1. The molecule has 0 bridgehead atoms. The van der Waals surface area contributed by atoms with Gasteiger partial charge in [0, 0.05) is 24.8 Å². The molecule has 3 rings (SSSR count). The maximum atomic E-state index is 4.61.